The van der Waals surface area contributed by atoms with Crippen molar-refractivity contribution in [2.45, 2.75) is 19.5 Å². The predicted octanol–water partition coefficient (Wildman–Crippen LogP) is 0.486. The summed E-state index contributed by atoms with van der Waals surface area (Å²) in [6.45, 7) is 1.63. The minimum absolute atomic E-state index is 0.119. The molecule has 0 radical (unpaired) electrons. The highest BCUT2D eigenvalue weighted by Gasteiger charge is 2.11. The number of carboxylic acid groups (broad SMARTS) is 1. The molecule has 0 saturated carbocycles. The number of H-pyrrole nitrogens is 1. The van der Waals surface area contributed by atoms with Gasteiger partial charge in [-0.15, -0.1) is 0 Å². The fourth-order valence-electron chi connectivity index (χ4n) is 1.52. The Bertz CT molecular complexity index is 636. The monoisotopic (exact) mass is 247 g/mol. The third-order valence-electron chi connectivity index (χ3n) is 2.62. The van der Waals surface area contributed by atoms with Crippen LogP contribution in [-0.4, -0.2) is 27.1 Å². The Balaban J connectivity index is 2.26. The summed E-state index contributed by atoms with van der Waals surface area (Å²) in [7, 11) is 0. The highest BCUT2D eigenvalue weighted by atomic mass is 16.4. The standard InChI is InChI=1S/C12H13N3O3/c1-7(12(17)18)13-6-10-11(16)15-9-5-3-2-4-8(9)14-10/h2-5,7,13H,6H2,1H3,(H,15,16)(H,17,18). The fraction of sp³-hybridized carbons (Fsp3) is 0.250. The lowest BCUT2D eigenvalue weighted by molar-refractivity contribution is -0.139. The molecule has 1 aromatic heterocycles. The number of hydrogen-bond acceptors (Lipinski definition) is 4. The van der Waals surface area contributed by atoms with Crippen LogP contribution < -0.4 is 10.9 Å². The molecule has 6 nitrogen and oxygen atoms in total. The minimum Gasteiger partial charge on any atom is -0.480 e. The number of aromatic amines is 1. The Morgan fingerprint density at radius 1 is 1.50 bits per heavy atom. The second kappa shape index (κ2) is 4.97. The first-order valence-corrected chi connectivity index (χ1v) is 5.52. The SMILES string of the molecule is CC(NCc1nc2ccccc2[nH]c1=O)C(=O)O. The van der Waals surface area contributed by atoms with Crippen molar-refractivity contribution in [3.63, 3.8) is 0 Å². The summed E-state index contributed by atoms with van der Waals surface area (Å²) >= 11 is 0. The number of hydrogen-bond donors (Lipinski definition) is 3. The largest absolute Gasteiger partial charge is 0.480 e. The van der Waals surface area contributed by atoms with Crippen LogP contribution >= 0.6 is 0 Å². The molecular weight excluding hydrogens is 234 g/mol. The highest BCUT2D eigenvalue weighted by molar-refractivity contribution is 5.74. The molecule has 0 fully saturated rings. The van der Waals surface area contributed by atoms with Gasteiger partial charge in [0.25, 0.3) is 5.56 Å². The summed E-state index contributed by atoms with van der Waals surface area (Å²) in [5.41, 5.74) is 1.31. The van der Waals surface area contributed by atoms with Crippen molar-refractivity contribution < 1.29 is 9.90 Å². The molecule has 6 heteroatoms. The first-order chi connectivity index (χ1) is 8.58. The van der Waals surface area contributed by atoms with Crippen LogP contribution in [0.5, 0.6) is 0 Å². The summed E-state index contributed by atoms with van der Waals surface area (Å²) in [5, 5.41) is 11.5. The van der Waals surface area contributed by atoms with E-state index in [0.717, 1.165) is 0 Å². The van der Waals surface area contributed by atoms with Crippen molar-refractivity contribution in [2.24, 2.45) is 0 Å². The molecule has 0 aliphatic heterocycles. The highest BCUT2D eigenvalue weighted by Crippen LogP contribution is 2.05. The van der Waals surface area contributed by atoms with Crippen molar-refractivity contribution in [1.82, 2.24) is 15.3 Å². The summed E-state index contributed by atoms with van der Waals surface area (Å²) < 4.78 is 0. The number of aliphatic carboxylic acids is 1. The lowest BCUT2D eigenvalue weighted by Gasteiger charge is -2.08. The third kappa shape index (κ3) is 2.54. The molecule has 3 N–H and O–H groups in total. The number of rotatable bonds is 4. The van der Waals surface area contributed by atoms with E-state index in [2.05, 4.69) is 15.3 Å². The molecule has 1 atom stereocenters. The molecule has 0 saturated heterocycles. The molecule has 0 bridgehead atoms. The van der Waals surface area contributed by atoms with Crippen LogP contribution in [0.2, 0.25) is 0 Å². The zero-order valence-corrected chi connectivity index (χ0v) is 9.80. The molecule has 1 heterocycles. The quantitative estimate of drug-likeness (QED) is 0.730. The van der Waals surface area contributed by atoms with Gasteiger partial charge in [0.2, 0.25) is 0 Å². The van der Waals surface area contributed by atoms with Gasteiger partial charge >= 0.3 is 5.97 Å². The maximum atomic E-state index is 11.7. The van der Waals surface area contributed by atoms with Gasteiger partial charge in [-0.25, -0.2) is 4.98 Å². The topological polar surface area (TPSA) is 95.1 Å². The lowest BCUT2D eigenvalue weighted by Crippen LogP contribution is -2.35. The van der Waals surface area contributed by atoms with Crippen molar-refractivity contribution in [1.29, 1.82) is 0 Å². The molecule has 94 valence electrons. The summed E-state index contributed by atoms with van der Waals surface area (Å²) in [6.07, 6.45) is 0. The Labute approximate surface area is 103 Å². The van der Waals surface area contributed by atoms with Crippen LogP contribution in [0.1, 0.15) is 12.6 Å². The zero-order valence-electron chi connectivity index (χ0n) is 9.80. The van der Waals surface area contributed by atoms with Crippen LogP contribution in [0.4, 0.5) is 0 Å². The Kier molecular flexibility index (Phi) is 3.38. The average Bonchev–Trinajstić information content (AvgIpc) is 2.35. The van der Waals surface area contributed by atoms with Gasteiger partial charge in [-0.3, -0.25) is 14.9 Å². The van der Waals surface area contributed by atoms with E-state index in [1.807, 2.05) is 12.1 Å². The average molecular weight is 247 g/mol. The van der Waals surface area contributed by atoms with Gasteiger partial charge in [0, 0.05) is 6.54 Å². The van der Waals surface area contributed by atoms with E-state index in [1.54, 1.807) is 12.1 Å². The van der Waals surface area contributed by atoms with Crippen LogP contribution in [0.25, 0.3) is 11.0 Å². The number of fused-ring (bicyclic) bond motifs is 1. The second-order valence-electron chi connectivity index (χ2n) is 3.97. The van der Waals surface area contributed by atoms with E-state index >= 15 is 0 Å². The van der Waals surface area contributed by atoms with E-state index in [1.165, 1.54) is 6.92 Å². The molecule has 0 amide bonds. The number of benzene rings is 1. The number of carboxylic acids is 1. The number of nitrogens with one attached hydrogen (secondary N) is 2. The summed E-state index contributed by atoms with van der Waals surface area (Å²) in [5.74, 6) is -0.966. The summed E-state index contributed by atoms with van der Waals surface area (Å²) in [6, 6.07) is 6.46. The van der Waals surface area contributed by atoms with E-state index in [-0.39, 0.29) is 17.8 Å². The molecule has 18 heavy (non-hydrogen) atoms. The van der Waals surface area contributed by atoms with Crippen molar-refractivity contribution in [3.8, 4) is 0 Å². The molecular formula is C12H13N3O3. The van der Waals surface area contributed by atoms with E-state index < -0.39 is 12.0 Å². The van der Waals surface area contributed by atoms with Crippen LogP contribution in [0.3, 0.4) is 0 Å². The van der Waals surface area contributed by atoms with Gasteiger partial charge in [0.15, 0.2) is 0 Å². The molecule has 0 spiro atoms. The number of nitrogens with zero attached hydrogens (tertiary/aromatic N) is 1. The first kappa shape index (κ1) is 12.3. The second-order valence-corrected chi connectivity index (χ2v) is 3.97. The fourth-order valence-corrected chi connectivity index (χ4v) is 1.52. The predicted molar refractivity (Wildman–Crippen MR) is 66.3 cm³/mol. The molecule has 2 aromatic rings. The van der Waals surface area contributed by atoms with Crippen LogP contribution in [0.15, 0.2) is 29.1 Å². The van der Waals surface area contributed by atoms with Gasteiger partial charge in [-0.2, -0.15) is 0 Å². The van der Waals surface area contributed by atoms with Gasteiger partial charge in [0.05, 0.1) is 11.0 Å². The zero-order chi connectivity index (χ0) is 13.1. The molecule has 1 unspecified atom stereocenters. The number of aromatic nitrogens is 2. The lowest BCUT2D eigenvalue weighted by atomic mass is 10.3. The van der Waals surface area contributed by atoms with Crippen LogP contribution in [-0.2, 0) is 11.3 Å². The number of carbonyl (C=O) groups is 1. The van der Waals surface area contributed by atoms with Gasteiger partial charge in [-0.1, -0.05) is 12.1 Å². The van der Waals surface area contributed by atoms with Gasteiger partial charge in [0.1, 0.15) is 11.7 Å². The minimum atomic E-state index is -0.966. The van der Waals surface area contributed by atoms with E-state index in [0.29, 0.717) is 11.0 Å². The first-order valence-electron chi connectivity index (χ1n) is 5.52. The summed E-state index contributed by atoms with van der Waals surface area (Å²) in [4.78, 5) is 29.3. The van der Waals surface area contributed by atoms with E-state index in [4.69, 9.17) is 5.11 Å². The van der Waals surface area contributed by atoms with Crippen LogP contribution in [0, 0.1) is 0 Å². The molecule has 2 rings (SSSR count). The van der Waals surface area contributed by atoms with Crippen molar-refractivity contribution >= 4 is 17.0 Å². The molecule has 0 aliphatic carbocycles. The van der Waals surface area contributed by atoms with Crippen molar-refractivity contribution in [3.05, 3.63) is 40.3 Å². The Morgan fingerprint density at radius 2 is 2.22 bits per heavy atom. The van der Waals surface area contributed by atoms with Crippen molar-refractivity contribution in [2.75, 3.05) is 0 Å². The van der Waals surface area contributed by atoms with Gasteiger partial charge in [-0.05, 0) is 19.1 Å². The Morgan fingerprint density at radius 3 is 2.94 bits per heavy atom. The normalized spacial score (nSPS) is 12.5. The maximum absolute atomic E-state index is 11.7. The molecule has 0 aliphatic rings. The maximum Gasteiger partial charge on any atom is 0.320 e. The number of para-hydroxylation sites is 2. The third-order valence-corrected chi connectivity index (χ3v) is 2.62. The smallest absolute Gasteiger partial charge is 0.320 e. The van der Waals surface area contributed by atoms with Gasteiger partial charge < -0.3 is 10.1 Å². The Hall–Kier alpha value is -2.21. The van der Waals surface area contributed by atoms with E-state index in [9.17, 15) is 9.59 Å². The molecule has 1 aromatic carbocycles.